The van der Waals surface area contributed by atoms with Crippen molar-refractivity contribution in [3.05, 3.63) is 65.3 Å². The van der Waals surface area contributed by atoms with Crippen LogP contribution in [-0.4, -0.2) is 27.0 Å². The van der Waals surface area contributed by atoms with Crippen molar-refractivity contribution in [3.8, 4) is 11.3 Å². The number of hydrogen-bond donors (Lipinski definition) is 2. The van der Waals surface area contributed by atoms with Crippen LogP contribution in [-0.2, 0) is 11.2 Å². The Kier molecular flexibility index (Phi) is 4.62. The largest absolute Gasteiger partial charge is 0.481 e. The van der Waals surface area contributed by atoms with Crippen LogP contribution in [0.25, 0.3) is 11.3 Å². The number of nitrogens with zero attached hydrogens (tertiary/aromatic N) is 2. The summed E-state index contributed by atoms with van der Waals surface area (Å²) in [5.74, 6) is -1.28. The van der Waals surface area contributed by atoms with Crippen LogP contribution in [0.3, 0.4) is 0 Å². The van der Waals surface area contributed by atoms with Gasteiger partial charge >= 0.3 is 5.97 Å². The minimum Gasteiger partial charge on any atom is -0.481 e. The Labute approximate surface area is 141 Å². The minimum atomic E-state index is -0.944. The van der Waals surface area contributed by atoms with Crippen molar-refractivity contribution < 1.29 is 14.7 Å². The van der Waals surface area contributed by atoms with E-state index in [1.54, 1.807) is 18.3 Å². The van der Waals surface area contributed by atoms with Crippen LogP contribution in [0, 0.1) is 0 Å². The molecule has 7 heteroatoms. The summed E-state index contributed by atoms with van der Waals surface area (Å²) in [6.45, 7) is 0. The maximum absolute atomic E-state index is 12.2. The van der Waals surface area contributed by atoms with Gasteiger partial charge in [-0.3, -0.25) is 19.9 Å². The highest BCUT2D eigenvalue weighted by Gasteiger charge is 2.17. The van der Waals surface area contributed by atoms with Crippen molar-refractivity contribution >= 4 is 28.3 Å². The molecule has 0 saturated carbocycles. The zero-order chi connectivity index (χ0) is 16.9. The van der Waals surface area contributed by atoms with Crippen LogP contribution in [0.5, 0.6) is 0 Å². The molecule has 0 aliphatic heterocycles. The Morgan fingerprint density at radius 3 is 2.58 bits per heavy atom. The molecule has 0 radical (unpaired) electrons. The van der Waals surface area contributed by atoms with Crippen molar-refractivity contribution in [2.45, 2.75) is 6.42 Å². The number of amides is 1. The van der Waals surface area contributed by atoms with Crippen LogP contribution < -0.4 is 5.32 Å². The predicted octanol–water partition coefficient (Wildman–Crippen LogP) is 3.08. The molecule has 0 bridgehead atoms. The van der Waals surface area contributed by atoms with Crippen molar-refractivity contribution in [3.63, 3.8) is 0 Å². The monoisotopic (exact) mass is 339 g/mol. The molecule has 0 atom stereocenters. The molecule has 0 aliphatic carbocycles. The van der Waals surface area contributed by atoms with Crippen LogP contribution in [0.1, 0.15) is 15.2 Å². The first-order valence-corrected chi connectivity index (χ1v) is 7.93. The molecule has 0 fully saturated rings. The molecule has 0 aliphatic rings. The van der Waals surface area contributed by atoms with E-state index in [1.165, 1.54) is 6.20 Å². The van der Waals surface area contributed by atoms with Gasteiger partial charge < -0.3 is 5.11 Å². The molecular weight excluding hydrogens is 326 g/mol. The second-order valence-electron chi connectivity index (χ2n) is 4.92. The summed E-state index contributed by atoms with van der Waals surface area (Å²) in [6, 6.07) is 12.6. The highest BCUT2D eigenvalue weighted by Crippen LogP contribution is 2.31. The van der Waals surface area contributed by atoms with Gasteiger partial charge in [0.25, 0.3) is 5.91 Å². The molecule has 6 nitrogen and oxygen atoms in total. The van der Waals surface area contributed by atoms with E-state index >= 15 is 0 Å². The van der Waals surface area contributed by atoms with Gasteiger partial charge in [0.05, 0.1) is 17.7 Å². The molecule has 24 heavy (non-hydrogen) atoms. The SMILES string of the molecule is O=C(O)Cc1sc(NC(=O)c2cccnc2)nc1-c1ccccc1. The number of benzene rings is 1. The zero-order valence-electron chi connectivity index (χ0n) is 12.5. The summed E-state index contributed by atoms with van der Waals surface area (Å²) in [5, 5.41) is 12.1. The van der Waals surface area contributed by atoms with E-state index in [0.717, 1.165) is 16.9 Å². The third-order valence-electron chi connectivity index (χ3n) is 3.20. The van der Waals surface area contributed by atoms with E-state index in [9.17, 15) is 9.59 Å². The molecular formula is C17H13N3O3S. The quantitative estimate of drug-likeness (QED) is 0.745. The Morgan fingerprint density at radius 1 is 1.12 bits per heavy atom. The molecule has 2 heterocycles. The summed E-state index contributed by atoms with van der Waals surface area (Å²) >= 11 is 1.16. The Morgan fingerprint density at radius 2 is 1.92 bits per heavy atom. The number of thiazole rings is 1. The standard InChI is InChI=1S/C17H13N3O3S/c21-14(22)9-13-15(11-5-2-1-3-6-11)19-17(24-13)20-16(23)12-7-4-8-18-10-12/h1-8,10H,9H2,(H,21,22)(H,19,20,23). The van der Waals surface area contributed by atoms with Gasteiger partial charge in [-0.2, -0.15) is 0 Å². The van der Waals surface area contributed by atoms with Crippen molar-refractivity contribution in [2.75, 3.05) is 5.32 Å². The third kappa shape index (κ3) is 3.64. The molecule has 2 N–H and O–H groups in total. The van der Waals surface area contributed by atoms with E-state index in [4.69, 9.17) is 5.11 Å². The molecule has 1 aromatic carbocycles. The summed E-state index contributed by atoms with van der Waals surface area (Å²) in [7, 11) is 0. The number of pyridine rings is 1. The first-order chi connectivity index (χ1) is 11.6. The molecule has 2 aromatic heterocycles. The lowest BCUT2D eigenvalue weighted by molar-refractivity contribution is -0.136. The van der Waals surface area contributed by atoms with Crippen LogP contribution >= 0.6 is 11.3 Å². The van der Waals surface area contributed by atoms with Gasteiger partial charge in [-0.05, 0) is 12.1 Å². The number of aliphatic carboxylic acids is 1. The number of carbonyl (C=O) groups is 2. The molecule has 3 aromatic rings. The maximum atomic E-state index is 12.2. The second kappa shape index (κ2) is 7.01. The molecule has 120 valence electrons. The lowest BCUT2D eigenvalue weighted by Crippen LogP contribution is -2.11. The minimum absolute atomic E-state index is 0.148. The number of carboxylic acids is 1. The molecule has 0 unspecified atom stereocenters. The van der Waals surface area contributed by atoms with Gasteiger partial charge in [0.1, 0.15) is 0 Å². The lowest BCUT2D eigenvalue weighted by Gasteiger charge is -2.00. The number of carbonyl (C=O) groups excluding carboxylic acids is 1. The number of carboxylic acid groups (broad SMARTS) is 1. The predicted molar refractivity (Wildman–Crippen MR) is 91.1 cm³/mol. The summed E-state index contributed by atoms with van der Waals surface area (Å²) in [5.41, 5.74) is 1.80. The summed E-state index contributed by atoms with van der Waals surface area (Å²) in [6.07, 6.45) is 2.89. The third-order valence-corrected chi connectivity index (χ3v) is 4.17. The van der Waals surface area contributed by atoms with Crippen molar-refractivity contribution in [1.29, 1.82) is 0 Å². The number of aromatic nitrogens is 2. The Balaban J connectivity index is 1.91. The van der Waals surface area contributed by atoms with Gasteiger partial charge in [-0.25, -0.2) is 4.98 Å². The number of anilines is 1. The second-order valence-corrected chi connectivity index (χ2v) is 6.01. The zero-order valence-corrected chi connectivity index (χ0v) is 13.3. The van der Waals surface area contributed by atoms with Crippen LogP contribution in [0.4, 0.5) is 5.13 Å². The first-order valence-electron chi connectivity index (χ1n) is 7.12. The highest BCUT2D eigenvalue weighted by molar-refractivity contribution is 7.16. The van der Waals surface area contributed by atoms with Gasteiger partial charge in [-0.1, -0.05) is 30.3 Å². The fraction of sp³-hybridized carbons (Fsp3) is 0.0588. The smallest absolute Gasteiger partial charge is 0.308 e. The van der Waals surface area contributed by atoms with Crippen molar-refractivity contribution in [1.82, 2.24) is 9.97 Å². The van der Waals surface area contributed by atoms with Crippen LogP contribution in [0.15, 0.2) is 54.9 Å². The average Bonchev–Trinajstić information content (AvgIpc) is 2.98. The normalized spacial score (nSPS) is 10.3. The van der Waals surface area contributed by atoms with Crippen LogP contribution in [0.2, 0.25) is 0 Å². The van der Waals surface area contributed by atoms with E-state index in [2.05, 4.69) is 15.3 Å². The number of nitrogens with one attached hydrogen (secondary N) is 1. The summed E-state index contributed by atoms with van der Waals surface area (Å²) < 4.78 is 0. The lowest BCUT2D eigenvalue weighted by atomic mass is 10.1. The van der Waals surface area contributed by atoms with E-state index in [-0.39, 0.29) is 12.3 Å². The Hall–Kier alpha value is -3.06. The molecule has 3 rings (SSSR count). The van der Waals surface area contributed by atoms with Gasteiger partial charge in [-0.15, -0.1) is 11.3 Å². The first kappa shape index (κ1) is 15.8. The molecule has 1 amide bonds. The molecule has 0 spiro atoms. The van der Waals surface area contributed by atoms with Gasteiger partial charge in [0.2, 0.25) is 0 Å². The fourth-order valence-electron chi connectivity index (χ4n) is 2.15. The number of rotatable bonds is 5. The van der Waals surface area contributed by atoms with Gasteiger partial charge in [0.15, 0.2) is 5.13 Å². The fourth-order valence-corrected chi connectivity index (χ4v) is 3.12. The summed E-state index contributed by atoms with van der Waals surface area (Å²) in [4.78, 5) is 32.2. The Bertz CT molecular complexity index is 863. The maximum Gasteiger partial charge on any atom is 0.308 e. The van der Waals surface area contributed by atoms with E-state index < -0.39 is 5.97 Å². The highest BCUT2D eigenvalue weighted by atomic mass is 32.1. The number of hydrogen-bond acceptors (Lipinski definition) is 5. The average molecular weight is 339 g/mol. The van der Waals surface area contributed by atoms with E-state index in [1.807, 2.05) is 30.3 Å². The van der Waals surface area contributed by atoms with E-state index in [0.29, 0.717) is 21.3 Å². The topological polar surface area (TPSA) is 92.2 Å². The van der Waals surface area contributed by atoms with Crippen molar-refractivity contribution in [2.24, 2.45) is 0 Å². The van der Waals surface area contributed by atoms with Gasteiger partial charge in [0, 0.05) is 22.8 Å². The molecule has 0 saturated heterocycles.